The van der Waals surface area contributed by atoms with Gasteiger partial charge in [0.25, 0.3) is 5.91 Å². The summed E-state index contributed by atoms with van der Waals surface area (Å²) >= 11 is 11.5. The molecule has 3 aromatic rings. The molecule has 0 fully saturated rings. The topological polar surface area (TPSA) is 42.2 Å². The molecule has 1 N–H and O–H groups in total. The molecule has 116 valence electrons. The Kier molecular flexibility index (Phi) is 5.08. The average Bonchev–Trinajstić information content (AvgIpc) is 3.00. The summed E-state index contributed by atoms with van der Waals surface area (Å²) in [7, 11) is 0. The predicted molar refractivity (Wildman–Crippen MR) is 104 cm³/mol. The number of hydrogen-bond donors (Lipinski definition) is 1. The van der Waals surface area contributed by atoms with Crippen molar-refractivity contribution in [3.05, 3.63) is 73.4 Å². The number of carbonyl (C=O) groups is 1. The van der Waals surface area contributed by atoms with E-state index in [-0.39, 0.29) is 11.7 Å². The van der Waals surface area contributed by atoms with Crippen LogP contribution in [-0.4, -0.2) is 5.91 Å². The van der Waals surface area contributed by atoms with Crippen LogP contribution < -0.4 is 5.32 Å². The fraction of sp³-hybridized carbons (Fsp3) is 0. The van der Waals surface area contributed by atoms with Gasteiger partial charge in [0.15, 0.2) is 5.76 Å². The second-order valence-corrected chi connectivity index (χ2v) is 7.27. The number of nitrogens with one attached hydrogen (secondary N) is 1. The van der Waals surface area contributed by atoms with E-state index >= 15 is 0 Å². The fourth-order valence-corrected chi connectivity index (χ4v) is 3.66. The molecule has 23 heavy (non-hydrogen) atoms. The molecule has 3 rings (SSSR count). The molecule has 0 aliphatic heterocycles. The van der Waals surface area contributed by atoms with E-state index < -0.39 is 0 Å². The lowest BCUT2D eigenvalue weighted by molar-refractivity contribution is 0.0997. The summed E-state index contributed by atoms with van der Waals surface area (Å²) in [4.78, 5) is 12.3. The second kappa shape index (κ2) is 7.07. The zero-order valence-corrected chi connectivity index (χ0v) is 16.1. The summed E-state index contributed by atoms with van der Waals surface area (Å²) < 4.78 is 7.54. The van der Waals surface area contributed by atoms with Crippen molar-refractivity contribution in [2.45, 2.75) is 0 Å². The van der Waals surface area contributed by atoms with Crippen LogP contribution in [0.2, 0.25) is 5.02 Å². The first-order chi connectivity index (χ1) is 11.0. The lowest BCUT2D eigenvalue weighted by atomic mass is 10.2. The third kappa shape index (κ3) is 3.97. The van der Waals surface area contributed by atoms with Crippen LogP contribution in [0.15, 0.2) is 63.5 Å². The molecule has 1 amide bonds. The van der Waals surface area contributed by atoms with E-state index in [0.717, 1.165) is 19.3 Å². The first-order valence-corrected chi connectivity index (χ1v) is 8.90. The number of anilines is 1. The SMILES string of the molecule is O=C(Nc1ccc(Br)cc1I)c1ccc(-c2cccc(Cl)c2)o1. The highest BCUT2D eigenvalue weighted by Gasteiger charge is 2.14. The maximum absolute atomic E-state index is 12.3. The van der Waals surface area contributed by atoms with Gasteiger partial charge in [-0.05, 0) is 65.1 Å². The highest BCUT2D eigenvalue weighted by Crippen LogP contribution is 2.26. The van der Waals surface area contributed by atoms with Crippen LogP contribution in [0.4, 0.5) is 5.69 Å². The summed E-state index contributed by atoms with van der Waals surface area (Å²) in [5.41, 5.74) is 1.56. The molecular formula is C17H10BrClINO2. The largest absolute Gasteiger partial charge is 0.451 e. The van der Waals surface area contributed by atoms with Gasteiger partial charge in [-0.25, -0.2) is 0 Å². The Hall–Kier alpha value is -1.31. The summed E-state index contributed by atoms with van der Waals surface area (Å²) in [6.07, 6.45) is 0. The minimum atomic E-state index is -0.293. The minimum Gasteiger partial charge on any atom is -0.451 e. The Morgan fingerprint density at radius 1 is 1.13 bits per heavy atom. The van der Waals surface area contributed by atoms with Gasteiger partial charge in [0.2, 0.25) is 0 Å². The molecule has 1 heterocycles. The van der Waals surface area contributed by atoms with Gasteiger partial charge < -0.3 is 9.73 Å². The second-order valence-electron chi connectivity index (χ2n) is 4.75. The molecule has 2 aromatic carbocycles. The summed E-state index contributed by atoms with van der Waals surface area (Å²) in [6.45, 7) is 0. The quantitative estimate of drug-likeness (QED) is 0.432. The van der Waals surface area contributed by atoms with Crippen molar-refractivity contribution in [1.29, 1.82) is 0 Å². The molecule has 0 spiro atoms. The zero-order valence-electron chi connectivity index (χ0n) is 11.6. The summed E-state index contributed by atoms with van der Waals surface area (Å²) in [6, 6.07) is 16.3. The zero-order chi connectivity index (χ0) is 16.4. The molecular weight excluding hydrogens is 492 g/mol. The molecule has 0 atom stereocenters. The van der Waals surface area contributed by atoms with Crippen molar-refractivity contribution in [3.63, 3.8) is 0 Å². The Morgan fingerprint density at radius 3 is 2.70 bits per heavy atom. The Morgan fingerprint density at radius 2 is 1.96 bits per heavy atom. The monoisotopic (exact) mass is 501 g/mol. The van der Waals surface area contributed by atoms with Crippen molar-refractivity contribution in [2.24, 2.45) is 0 Å². The smallest absolute Gasteiger partial charge is 0.291 e. The van der Waals surface area contributed by atoms with Crippen molar-refractivity contribution >= 4 is 61.7 Å². The molecule has 1 aromatic heterocycles. The standard InChI is InChI=1S/C17H10BrClINO2/c18-11-4-5-14(13(20)9-11)21-17(22)16-7-6-15(23-16)10-2-1-3-12(19)8-10/h1-9H,(H,21,22). The summed E-state index contributed by atoms with van der Waals surface area (Å²) in [5.74, 6) is 0.556. The third-order valence-electron chi connectivity index (χ3n) is 3.12. The number of carbonyl (C=O) groups excluding carboxylic acids is 1. The maximum atomic E-state index is 12.3. The van der Waals surface area contributed by atoms with Crippen LogP contribution in [0.25, 0.3) is 11.3 Å². The molecule has 0 saturated carbocycles. The molecule has 3 nitrogen and oxygen atoms in total. The number of furan rings is 1. The van der Waals surface area contributed by atoms with E-state index in [9.17, 15) is 4.79 Å². The predicted octanol–water partition coefficient (Wildman–Crippen LogP) is 6.22. The number of hydrogen-bond acceptors (Lipinski definition) is 2. The first-order valence-electron chi connectivity index (χ1n) is 6.65. The van der Waals surface area contributed by atoms with E-state index in [4.69, 9.17) is 16.0 Å². The van der Waals surface area contributed by atoms with Crippen LogP contribution in [0.3, 0.4) is 0 Å². The van der Waals surface area contributed by atoms with Crippen LogP contribution in [-0.2, 0) is 0 Å². The first kappa shape index (κ1) is 16.5. The number of amides is 1. The molecule has 0 radical (unpaired) electrons. The van der Waals surface area contributed by atoms with E-state index in [2.05, 4.69) is 43.8 Å². The Labute approximate surface area is 160 Å². The van der Waals surface area contributed by atoms with Crippen molar-refractivity contribution in [2.75, 3.05) is 5.32 Å². The van der Waals surface area contributed by atoms with Gasteiger partial charge in [-0.2, -0.15) is 0 Å². The molecule has 0 unspecified atom stereocenters. The van der Waals surface area contributed by atoms with Gasteiger partial charge >= 0.3 is 0 Å². The normalized spacial score (nSPS) is 10.6. The number of halogens is 3. The lowest BCUT2D eigenvalue weighted by Crippen LogP contribution is -2.11. The Balaban J connectivity index is 1.81. The highest BCUT2D eigenvalue weighted by atomic mass is 127. The molecule has 0 aliphatic carbocycles. The summed E-state index contributed by atoms with van der Waals surface area (Å²) in [5, 5.41) is 3.46. The average molecular weight is 503 g/mol. The molecule has 0 bridgehead atoms. The van der Waals surface area contributed by atoms with E-state index in [1.807, 2.05) is 30.3 Å². The maximum Gasteiger partial charge on any atom is 0.291 e. The van der Waals surface area contributed by atoms with Crippen LogP contribution in [0.5, 0.6) is 0 Å². The van der Waals surface area contributed by atoms with Crippen LogP contribution >= 0.6 is 50.1 Å². The van der Waals surface area contributed by atoms with Gasteiger partial charge in [-0.1, -0.05) is 39.7 Å². The fourth-order valence-electron chi connectivity index (χ4n) is 2.03. The third-order valence-corrected chi connectivity index (χ3v) is 4.74. The highest BCUT2D eigenvalue weighted by molar-refractivity contribution is 14.1. The van der Waals surface area contributed by atoms with Gasteiger partial charge in [-0.3, -0.25) is 4.79 Å². The minimum absolute atomic E-state index is 0.249. The van der Waals surface area contributed by atoms with E-state index in [0.29, 0.717) is 10.8 Å². The molecule has 0 aliphatic rings. The van der Waals surface area contributed by atoms with Crippen LogP contribution in [0.1, 0.15) is 10.6 Å². The van der Waals surface area contributed by atoms with Crippen LogP contribution in [0, 0.1) is 3.57 Å². The van der Waals surface area contributed by atoms with Crippen molar-refractivity contribution in [1.82, 2.24) is 0 Å². The van der Waals surface area contributed by atoms with Gasteiger partial charge in [0.05, 0.1) is 5.69 Å². The van der Waals surface area contributed by atoms with Crippen molar-refractivity contribution in [3.8, 4) is 11.3 Å². The number of rotatable bonds is 3. The molecule has 0 saturated heterocycles. The van der Waals surface area contributed by atoms with Gasteiger partial charge in [0, 0.05) is 18.6 Å². The van der Waals surface area contributed by atoms with Gasteiger partial charge in [0.1, 0.15) is 5.76 Å². The van der Waals surface area contributed by atoms with Gasteiger partial charge in [-0.15, -0.1) is 0 Å². The molecule has 6 heteroatoms. The Bertz CT molecular complexity index is 879. The van der Waals surface area contributed by atoms with Crippen molar-refractivity contribution < 1.29 is 9.21 Å². The van der Waals surface area contributed by atoms with E-state index in [1.54, 1.807) is 24.3 Å². The lowest BCUT2D eigenvalue weighted by Gasteiger charge is -2.06. The van der Waals surface area contributed by atoms with E-state index in [1.165, 1.54) is 0 Å². The number of benzene rings is 2.